The van der Waals surface area contributed by atoms with Gasteiger partial charge in [0.1, 0.15) is 5.75 Å². The first-order valence-corrected chi connectivity index (χ1v) is 9.04. The van der Waals surface area contributed by atoms with E-state index in [4.69, 9.17) is 16.3 Å². The normalized spacial score (nSPS) is 10.2. The van der Waals surface area contributed by atoms with Crippen LogP contribution < -0.4 is 15.4 Å². The zero-order valence-electron chi connectivity index (χ0n) is 15.2. The van der Waals surface area contributed by atoms with E-state index in [0.29, 0.717) is 22.0 Å². The lowest BCUT2D eigenvalue weighted by Crippen LogP contribution is -2.20. The lowest BCUT2D eigenvalue weighted by atomic mass is 10.1. The van der Waals surface area contributed by atoms with Crippen molar-refractivity contribution in [2.24, 2.45) is 0 Å². The van der Waals surface area contributed by atoms with Crippen molar-refractivity contribution in [2.45, 2.75) is 6.92 Å². The number of rotatable bonds is 6. The highest BCUT2D eigenvalue weighted by Crippen LogP contribution is 2.17. The number of anilines is 2. The molecule has 0 aliphatic heterocycles. The summed E-state index contributed by atoms with van der Waals surface area (Å²) in [4.78, 5) is 24.3. The first kappa shape index (κ1) is 19.5. The maximum absolute atomic E-state index is 12.3. The molecular weight excluding hydrogens is 376 g/mol. The maximum atomic E-state index is 12.3. The number of halogens is 1. The fraction of sp³-hybridized carbons (Fsp3) is 0.0909. The van der Waals surface area contributed by atoms with Crippen LogP contribution in [0.2, 0.25) is 5.02 Å². The van der Waals surface area contributed by atoms with Crippen LogP contribution >= 0.6 is 11.6 Å². The topological polar surface area (TPSA) is 67.4 Å². The fourth-order valence-corrected chi connectivity index (χ4v) is 2.62. The number of amides is 2. The molecule has 3 aromatic rings. The zero-order chi connectivity index (χ0) is 19.9. The molecule has 0 aliphatic rings. The van der Waals surface area contributed by atoms with Gasteiger partial charge in [0.05, 0.1) is 0 Å². The van der Waals surface area contributed by atoms with E-state index in [1.54, 1.807) is 48.5 Å². The monoisotopic (exact) mass is 394 g/mol. The summed E-state index contributed by atoms with van der Waals surface area (Å²) >= 11 is 5.81. The Hall–Kier alpha value is -3.31. The first-order chi connectivity index (χ1) is 13.5. The van der Waals surface area contributed by atoms with Gasteiger partial charge < -0.3 is 15.4 Å². The third-order valence-electron chi connectivity index (χ3n) is 4.01. The highest BCUT2D eigenvalue weighted by molar-refractivity contribution is 6.30. The number of carbonyl (C=O) groups excluding carboxylic acids is 2. The Bertz CT molecular complexity index is 970. The highest BCUT2D eigenvalue weighted by atomic mass is 35.5. The quantitative estimate of drug-likeness (QED) is 0.623. The van der Waals surface area contributed by atoms with Gasteiger partial charge in [-0.15, -0.1) is 0 Å². The standard InChI is InChI=1S/C22H19ClN2O3/c1-15-4-2-3-5-20(15)25-22(27)16-6-12-19(13-7-16)28-14-21(26)24-18-10-8-17(23)9-11-18/h2-13H,14H2,1H3,(H,24,26)(H,25,27). The van der Waals surface area contributed by atoms with Crippen molar-refractivity contribution in [1.29, 1.82) is 0 Å². The molecule has 5 nitrogen and oxygen atoms in total. The maximum Gasteiger partial charge on any atom is 0.262 e. The minimum Gasteiger partial charge on any atom is -0.484 e. The zero-order valence-corrected chi connectivity index (χ0v) is 16.0. The van der Waals surface area contributed by atoms with Crippen LogP contribution in [0.25, 0.3) is 0 Å². The van der Waals surface area contributed by atoms with E-state index in [1.807, 2.05) is 31.2 Å². The van der Waals surface area contributed by atoms with Crippen LogP contribution in [-0.2, 0) is 4.79 Å². The Morgan fingerprint density at radius 2 is 1.57 bits per heavy atom. The van der Waals surface area contributed by atoms with Crippen molar-refractivity contribution < 1.29 is 14.3 Å². The molecule has 3 rings (SSSR count). The third-order valence-corrected chi connectivity index (χ3v) is 4.26. The number of hydrogen-bond donors (Lipinski definition) is 2. The molecule has 6 heteroatoms. The number of nitrogens with one attached hydrogen (secondary N) is 2. The predicted molar refractivity (Wildman–Crippen MR) is 111 cm³/mol. The minimum absolute atomic E-state index is 0.141. The molecule has 2 N–H and O–H groups in total. The number of hydrogen-bond acceptors (Lipinski definition) is 3. The lowest BCUT2D eigenvalue weighted by molar-refractivity contribution is -0.118. The molecule has 0 fully saturated rings. The molecule has 0 aliphatic carbocycles. The van der Waals surface area contributed by atoms with Gasteiger partial charge in [-0.2, -0.15) is 0 Å². The van der Waals surface area contributed by atoms with Gasteiger partial charge >= 0.3 is 0 Å². The molecule has 0 bridgehead atoms. The molecule has 0 spiro atoms. The Balaban J connectivity index is 1.52. The molecule has 0 aromatic heterocycles. The van der Waals surface area contributed by atoms with Gasteiger partial charge in [-0.25, -0.2) is 0 Å². The average Bonchev–Trinajstić information content (AvgIpc) is 2.70. The lowest BCUT2D eigenvalue weighted by Gasteiger charge is -2.10. The summed E-state index contributed by atoms with van der Waals surface area (Å²) < 4.78 is 5.47. The number of carbonyl (C=O) groups is 2. The average molecular weight is 395 g/mol. The predicted octanol–water partition coefficient (Wildman–Crippen LogP) is 4.92. The van der Waals surface area contributed by atoms with Crippen LogP contribution in [0.15, 0.2) is 72.8 Å². The van der Waals surface area contributed by atoms with E-state index < -0.39 is 0 Å². The van der Waals surface area contributed by atoms with E-state index in [2.05, 4.69) is 10.6 Å². The number of para-hydroxylation sites is 1. The van der Waals surface area contributed by atoms with Gasteiger partial charge in [-0.3, -0.25) is 9.59 Å². The molecule has 142 valence electrons. The minimum atomic E-state index is -0.288. The van der Waals surface area contributed by atoms with Crippen LogP contribution in [0.4, 0.5) is 11.4 Å². The van der Waals surface area contributed by atoms with Crippen molar-refractivity contribution >= 4 is 34.8 Å². The number of benzene rings is 3. The number of ether oxygens (including phenoxy) is 1. The summed E-state index contributed by atoms with van der Waals surface area (Å²) in [5, 5.41) is 6.19. The van der Waals surface area contributed by atoms with E-state index >= 15 is 0 Å². The van der Waals surface area contributed by atoms with E-state index in [1.165, 1.54) is 0 Å². The van der Waals surface area contributed by atoms with Crippen molar-refractivity contribution in [1.82, 2.24) is 0 Å². The van der Waals surface area contributed by atoms with Crippen LogP contribution in [0, 0.1) is 6.92 Å². The second-order valence-electron chi connectivity index (χ2n) is 6.14. The molecule has 0 atom stereocenters. The van der Waals surface area contributed by atoms with Crippen LogP contribution in [0.1, 0.15) is 15.9 Å². The largest absolute Gasteiger partial charge is 0.484 e. The van der Waals surface area contributed by atoms with Crippen LogP contribution in [0.5, 0.6) is 5.75 Å². The molecule has 0 saturated carbocycles. The van der Waals surface area contributed by atoms with Gasteiger partial charge in [-0.05, 0) is 67.1 Å². The molecular formula is C22H19ClN2O3. The third kappa shape index (κ3) is 5.34. The van der Waals surface area contributed by atoms with E-state index in [0.717, 1.165) is 11.3 Å². The fourth-order valence-electron chi connectivity index (χ4n) is 2.49. The van der Waals surface area contributed by atoms with E-state index in [9.17, 15) is 9.59 Å². The molecule has 0 heterocycles. The van der Waals surface area contributed by atoms with Gasteiger partial charge in [-0.1, -0.05) is 29.8 Å². The summed E-state index contributed by atoms with van der Waals surface area (Å²) in [6, 6.07) is 21.0. The van der Waals surface area contributed by atoms with Gasteiger partial charge in [0, 0.05) is 22.0 Å². The summed E-state index contributed by atoms with van der Waals surface area (Å²) in [5.74, 6) is 0.00345. The summed E-state index contributed by atoms with van der Waals surface area (Å²) in [6.45, 7) is 1.79. The van der Waals surface area contributed by atoms with Crippen molar-refractivity contribution in [2.75, 3.05) is 17.2 Å². The molecule has 2 amide bonds. The molecule has 3 aromatic carbocycles. The van der Waals surface area contributed by atoms with Crippen molar-refractivity contribution in [3.8, 4) is 5.75 Å². The summed E-state index contributed by atoms with van der Waals surface area (Å²) in [6.07, 6.45) is 0. The van der Waals surface area contributed by atoms with Gasteiger partial charge in [0.15, 0.2) is 6.61 Å². The van der Waals surface area contributed by atoms with Crippen LogP contribution in [0.3, 0.4) is 0 Å². The van der Waals surface area contributed by atoms with Gasteiger partial charge in [0.25, 0.3) is 11.8 Å². The molecule has 0 radical (unpaired) electrons. The molecule has 28 heavy (non-hydrogen) atoms. The molecule has 0 saturated heterocycles. The second-order valence-corrected chi connectivity index (χ2v) is 6.57. The summed E-state index contributed by atoms with van der Waals surface area (Å²) in [7, 11) is 0. The Kier molecular flexibility index (Phi) is 6.29. The highest BCUT2D eigenvalue weighted by Gasteiger charge is 2.09. The van der Waals surface area contributed by atoms with Crippen molar-refractivity contribution in [3.63, 3.8) is 0 Å². The Morgan fingerprint density at radius 1 is 0.893 bits per heavy atom. The first-order valence-electron chi connectivity index (χ1n) is 8.66. The Morgan fingerprint density at radius 3 is 2.25 bits per heavy atom. The number of aryl methyl sites for hydroxylation is 1. The van der Waals surface area contributed by atoms with E-state index in [-0.39, 0.29) is 18.4 Å². The summed E-state index contributed by atoms with van der Waals surface area (Å²) in [5.41, 5.74) is 2.90. The second kappa shape index (κ2) is 9.06. The Labute approximate surface area is 168 Å². The molecule has 0 unspecified atom stereocenters. The van der Waals surface area contributed by atoms with Crippen molar-refractivity contribution in [3.05, 3.63) is 88.9 Å². The SMILES string of the molecule is Cc1ccccc1NC(=O)c1ccc(OCC(=O)Nc2ccc(Cl)cc2)cc1. The van der Waals surface area contributed by atoms with Gasteiger partial charge in [0.2, 0.25) is 0 Å². The van der Waals surface area contributed by atoms with Crippen LogP contribution in [-0.4, -0.2) is 18.4 Å². The smallest absolute Gasteiger partial charge is 0.262 e.